The zero-order valence-corrected chi connectivity index (χ0v) is 13.3. The molecule has 3 N–H and O–H groups in total. The molecule has 0 aliphatic rings. The van der Waals surface area contributed by atoms with Crippen molar-refractivity contribution in [3.8, 4) is 0 Å². The van der Waals surface area contributed by atoms with Crippen molar-refractivity contribution >= 4 is 17.3 Å². The van der Waals surface area contributed by atoms with Gasteiger partial charge in [0, 0.05) is 19.1 Å². The van der Waals surface area contributed by atoms with Gasteiger partial charge in [0.15, 0.2) is 0 Å². The Morgan fingerprint density at radius 1 is 1.50 bits per heavy atom. The molecule has 1 atom stereocenters. The minimum atomic E-state index is -0.253. The Labute approximate surface area is 125 Å². The Morgan fingerprint density at radius 2 is 2.20 bits per heavy atom. The molecule has 1 aromatic heterocycles. The fourth-order valence-electron chi connectivity index (χ4n) is 1.96. The van der Waals surface area contributed by atoms with Gasteiger partial charge in [0.2, 0.25) is 0 Å². The lowest BCUT2D eigenvalue weighted by molar-refractivity contribution is 0.464. The average molecular weight is 301 g/mol. The van der Waals surface area contributed by atoms with Crippen LogP contribution >= 0.6 is 11.6 Å². The Balaban J connectivity index is 2.86. The first kappa shape index (κ1) is 17.0. The molecule has 20 heavy (non-hydrogen) atoms. The van der Waals surface area contributed by atoms with E-state index >= 15 is 0 Å². The maximum atomic E-state index is 12.1. The van der Waals surface area contributed by atoms with Crippen LogP contribution in [0.2, 0.25) is 5.02 Å². The van der Waals surface area contributed by atoms with Gasteiger partial charge in [0.25, 0.3) is 5.56 Å². The van der Waals surface area contributed by atoms with E-state index in [0.717, 1.165) is 19.3 Å². The van der Waals surface area contributed by atoms with E-state index in [1.807, 2.05) is 13.8 Å². The summed E-state index contributed by atoms with van der Waals surface area (Å²) < 4.78 is 1.40. The second-order valence-corrected chi connectivity index (χ2v) is 5.85. The number of rotatable bonds is 8. The van der Waals surface area contributed by atoms with E-state index in [4.69, 9.17) is 17.3 Å². The smallest absolute Gasteiger partial charge is 0.287 e. The van der Waals surface area contributed by atoms with Crippen molar-refractivity contribution in [3.05, 3.63) is 21.6 Å². The number of halogens is 1. The van der Waals surface area contributed by atoms with Gasteiger partial charge in [-0.15, -0.1) is 0 Å². The number of nitrogens with two attached hydrogens (primary N) is 1. The summed E-state index contributed by atoms with van der Waals surface area (Å²) in [5, 5.41) is 7.57. The molecular weight excluding hydrogens is 276 g/mol. The van der Waals surface area contributed by atoms with E-state index in [2.05, 4.69) is 17.3 Å². The van der Waals surface area contributed by atoms with Gasteiger partial charge in [-0.2, -0.15) is 5.10 Å². The highest BCUT2D eigenvalue weighted by Crippen LogP contribution is 2.18. The van der Waals surface area contributed by atoms with Crippen LogP contribution in [0.3, 0.4) is 0 Å². The van der Waals surface area contributed by atoms with E-state index < -0.39 is 0 Å². The normalized spacial score (nSPS) is 12.7. The summed E-state index contributed by atoms with van der Waals surface area (Å²) in [5.41, 5.74) is 6.06. The lowest BCUT2D eigenvalue weighted by Gasteiger charge is -2.19. The molecule has 0 aliphatic heterocycles. The average Bonchev–Trinajstić information content (AvgIpc) is 2.42. The van der Waals surface area contributed by atoms with E-state index in [9.17, 15) is 4.79 Å². The first-order valence-electron chi connectivity index (χ1n) is 7.21. The van der Waals surface area contributed by atoms with Crippen LogP contribution in [0.5, 0.6) is 0 Å². The molecule has 0 fully saturated rings. The standard InChI is InChI=1S/C14H25ClN4O/c1-4-5-6-11(7-16)18-12-8-17-19(9-10(2)3)14(20)13(12)15/h8,10-11,18H,4-7,9,16H2,1-3H3. The Hall–Kier alpha value is -1.07. The first-order chi connectivity index (χ1) is 9.49. The minimum Gasteiger partial charge on any atom is -0.378 e. The number of hydrogen-bond acceptors (Lipinski definition) is 4. The monoisotopic (exact) mass is 300 g/mol. The SMILES string of the molecule is CCCCC(CN)Nc1cnn(CC(C)C)c(=O)c1Cl. The van der Waals surface area contributed by atoms with Gasteiger partial charge in [-0.1, -0.05) is 45.2 Å². The van der Waals surface area contributed by atoms with Crippen molar-refractivity contribution in [2.75, 3.05) is 11.9 Å². The van der Waals surface area contributed by atoms with E-state index in [0.29, 0.717) is 24.7 Å². The maximum absolute atomic E-state index is 12.1. The second-order valence-electron chi connectivity index (χ2n) is 5.47. The molecule has 6 heteroatoms. The van der Waals surface area contributed by atoms with Crippen LogP contribution in [0, 0.1) is 5.92 Å². The van der Waals surface area contributed by atoms with Gasteiger partial charge in [0.1, 0.15) is 5.02 Å². The Morgan fingerprint density at radius 3 is 2.75 bits per heavy atom. The Bertz CT molecular complexity index is 473. The summed E-state index contributed by atoms with van der Waals surface area (Å²) in [6.07, 6.45) is 4.77. The third-order valence-electron chi connectivity index (χ3n) is 3.07. The highest BCUT2D eigenvalue weighted by molar-refractivity contribution is 6.32. The molecule has 114 valence electrons. The van der Waals surface area contributed by atoms with Crippen molar-refractivity contribution < 1.29 is 0 Å². The predicted octanol–water partition coefficient (Wildman–Crippen LogP) is 2.48. The van der Waals surface area contributed by atoms with Gasteiger partial charge < -0.3 is 11.1 Å². The Kier molecular flexibility index (Phi) is 7.02. The zero-order valence-electron chi connectivity index (χ0n) is 12.5. The highest BCUT2D eigenvalue weighted by Gasteiger charge is 2.13. The lowest BCUT2D eigenvalue weighted by Crippen LogP contribution is -2.31. The van der Waals surface area contributed by atoms with Gasteiger partial charge in [-0.05, 0) is 12.3 Å². The molecule has 0 aliphatic carbocycles. The molecule has 0 bridgehead atoms. The third-order valence-corrected chi connectivity index (χ3v) is 3.44. The first-order valence-corrected chi connectivity index (χ1v) is 7.59. The third kappa shape index (κ3) is 4.80. The molecule has 1 heterocycles. The van der Waals surface area contributed by atoms with E-state index in [1.54, 1.807) is 6.20 Å². The zero-order chi connectivity index (χ0) is 15.1. The number of nitrogens with zero attached hydrogens (tertiary/aromatic N) is 2. The fraction of sp³-hybridized carbons (Fsp3) is 0.714. The van der Waals surface area contributed by atoms with Gasteiger partial charge in [0.05, 0.1) is 11.9 Å². The van der Waals surface area contributed by atoms with Crippen LogP contribution in [0.25, 0.3) is 0 Å². The molecule has 1 unspecified atom stereocenters. The quantitative estimate of drug-likeness (QED) is 0.773. The number of nitrogens with one attached hydrogen (secondary N) is 1. The van der Waals surface area contributed by atoms with Gasteiger partial charge in [-0.25, -0.2) is 4.68 Å². The van der Waals surface area contributed by atoms with E-state index in [1.165, 1.54) is 4.68 Å². The molecule has 0 saturated heterocycles. The molecule has 1 rings (SSSR count). The molecule has 0 saturated carbocycles. The number of hydrogen-bond donors (Lipinski definition) is 2. The maximum Gasteiger partial charge on any atom is 0.287 e. The topological polar surface area (TPSA) is 72.9 Å². The van der Waals surface area contributed by atoms with Crippen LogP contribution in [0.1, 0.15) is 40.0 Å². The van der Waals surface area contributed by atoms with Gasteiger partial charge in [-0.3, -0.25) is 4.79 Å². The second kappa shape index (κ2) is 8.27. The number of anilines is 1. The predicted molar refractivity (Wildman–Crippen MR) is 84.3 cm³/mol. The summed E-state index contributed by atoms with van der Waals surface area (Å²) >= 11 is 6.14. The molecular formula is C14H25ClN4O. The van der Waals surface area contributed by atoms with Gasteiger partial charge >= 0.3 is 0 Å². The summed E-state index contributed by atoms with van der Waals surface area (Å²) in [6, 6.07) is 0.120. The summed E-state index contributed by atoms with van der Waals surface area (Å²) in [4.78, 5) is 12.1. The minimum absolute atomic E-state index is 0.120. The molecule has 0 radical (unpaired) electrons. The summed E-state index contributed by atoms with van der Waals surface area (Å²) in [7, 11) is 0. The van der Waals surface area contributed by atoms with E-state index in [-0.39, 0.29) is 16.6 Å². The van der Waals surface area contributed by atoms with Crippen molar-refractivity contribution in [1.82, 2.24) is 9.78 Å². The van der Waals surface area contributed by atoms with Crippen LogP contribution in [0.4, 0.5) is 5.69 Å². The van der Waals surface area contributed by atoms with Crippen LogP contribution < -0.4 is 16.6 Å². The van der Waals surface area contributed by atoms with Crippen molar-refractivity contribution in [2.45, 2.75) is 52.6 Å². The largest absolute Gasteiger partial charge is 0.378 e. The van der Waals surface area contributed by atoms with Crippen molar-refractivity contribution in [1.29, 1.82) is 0 Å². The van der Waals surface area contributed by atoms with Crippen LogP contribution in [-0.2, 0) is 6.54 Å². The number of unbranched alkanes of at least 4 members (excludes halogenated alkanes) is 1. The molecule has 1 aromatic rings. The molecule has 0 amide bonds. The molecule has 0 spiro atoms. The summed E-state index contributed by atoms with van der Waals surface area (Å²) in [5.74, 6) is 0.344. The van der Waals surface area contributed by atoms with Crippen molar-refractivity contribution in [3.63, 3.8) is 0 Å². The molecule has 5 nitrogen and oxygen atoms in total. The number of aromatic nitrogens is 2. The highest BCUT2D eigenvalue weighted by atomic mass is 35.5. The van der Waals surface area contributed by atoms with Crippen LogP contribution in [-0.4, -0.2) is 22.4 Å². The van der Waals surface area contributed by atoms with Crippen molar-refractivity contribution in [2.24, 2.45) is 11.7 Å². The van der Waals surface area contributed by atoms with Crippen LogP contribution in [0.15, 0.2) is 11.0 Å². The fourth-order valence-corrected chi connectivity index (χ4v) is 2.16. The lowest BCUT2D eigenvalue weighted by atomic mass is 10.1. The molecule has 0 aromatic carbocycles. The summed E-state index contributed by atoms with van der Waals surface area (Å²) in [6.45, 7) is 7.27.